The predicted molar refractivity (Wildman–Crippen MR) is 119 cm³/mol. The van der Waals surface area contributed by atoms with E-state index in [0.29, 0.717) is 24.9 Å². The number of aliphatic hydroxyl groups is 1. The molecule has 1 aliphatic heterocycles. The summed E-state index contributed by atoms with van der Waals surface area (Å²) in [5, 5.41) is 12.3. The zero-order valence-corrected chi connectivity index (χ0v) is 18.9. The number of nitrogens with zero attached hydrogens (tertiary/aromatic N) is 2. The molecule has 0 atom stereocenters. The second-order valence-electron chi connectivity index (χ2n) is 9.02. The van der Waals surface area contributed by atoms with Gasteiger partial charge in [-0.05, 0) is 32.0 Å². The molecule has 4 N–H and O–H groups in total. The maximum Gasteiger partial charge on any atom is 0.291 e. The quantitative estimate of drug-likeness (QED) is 0.479. The lowest BCUT2D eigenvalue weighted by atomic mass is 10.1. The highest BCUT2D eigenvalue weighted by molar-refractivity contribution is 6.13. The van der Waals surface area contributed by atoms with Gasteiger partial charge in [-0.3, -0.25) is 19.4 Å². The van der Waals surface area contributed by atoms with Gasteiger partial charge >= 0.3 is 0 Å². The number of anilines is 1. The lowest BCUT2D eigenvalue weighted by molar-refractivity contribution is 0.0158. The summed E-state index contributed by atoms with van der Waals surface area (Å²) in [6.45, 7) is 7.79. The van der Waals surface area contributed by atoms with E-state index in [-0.39, 0.29) is 16.8 Å². The van der Waals surface area contributed by atoms with Crippen molar-refractivity contribution in [2.45, 2.75) is 26.0 Å². The van der Waals surface area contributed by atoms with E-state index in [1.165, 1.54) is 6.07 Å². The van der Waals surface area contributed by atoms with Crippen molar-refractivity contribution >= 4 is 28.5 Å². The lowest BCUT2D eigenvalue weighted by Gasteiger charge is -2.36. The number of hydrogen-bond acceptors (Lipinski definition) is 7. The van der Waals surface area contributed by atoms with Gasteiger partial charge in [-0.15, -0.1) is 0 Å². The Hall–Kier alpha value is -3.28. The number of halogens is 2. The molecule has 4 rings (SSSR count). The maximum absolute atomic E-state index is 14.1. The van der Waals surface area contributed by atoms with Crippen molar-refractivity contribution in [2.24, 2.45) is 5.73 Å². The molecule has 0 bridgehead atoms. The second-order valence-corrected chi connectivity index (χ2v) is 9.02. The summed E-state index contributed by atoms with van der Waals surface area (Å²) < 4.78 is 38.6. The van der Waals surface area contributed by atoms with Gasteiger partial charge in [0, 0.05) is 38.8 Å². The van der Waals surface area contributed by atoms with E-state index in [0.717, 1.165) is 32.2 Å². The standard InChI is InChI=1S/C23H26F2N4O5/c1-23(2,32)12-29-7-5-28(6-8-29)11-14-3-4-17(33-14)22(31)27-18-15-9-13(24)10-16(25)19(15)34-20(18)21(26)30/h3-4,9-10,32H,5-8,11-12H2,1-2H3,(H2,26,30)(H,27,31). The van der Waals surface area contributed by atoms with Crippen LogP contribution >= 0.6 is 0 Å². The number of piperazine rings is 1. The van der Waals surface area contributed by atoms with E-state index in [1.807, 2.05) is 0 Å². The molecule has 2 aromatic heterocycles. The first-order chi connectivity index (χ1) is 16.0. The average molecular weight is 476 g/mol. The summed E-state index contributed by atoms with van der Waals surface area (Å²) in [5.41, 5.74) is 3.91. The molecule has 0 unspecified atom stereocenters. The van der Waals surface area contributed by atoms with E-state index in [9.17, 15) is 23.5 Å². The molecule has 182 valence electrons. The molecule has 0 saturated carbocycles. The number of fused-ring (bicyclic) bond motifs is 1. The highest BCUT2D eigenvalue weighted by Crippen LogP contribution is 2.33. The van der Waals surface area contributed by atoms with Crippen LogP contribution in [0.2, 0.25) is 0 Å². The molecule has 1 aromatic carbocycles. The Morgan fingerprint density at radius 3 is 2.44 bits per heavy atom. The van der Waals surface area contributed by atoms with Gasteiger partial charge in [0.2, 0.25) is 5.76 Å². The minimum atomic E-state index is -1.05. The van der Waals surface area contributed by atoms with Crippen LogP contribution in [-0.4, -0.2) is 65.0 Å². The van der Waals surface area contributed by atoms with Crippen molar-refractivity contribution in [2.75, 3.05) is 38.0 Å². The third kappa shape index (κ3) is 5.27. The minimum absolute atomic E-state index is 0.0442. The zero-order chi connectivity index (χ0) is 24.6. The van der Waals surface area contributed by atoms with Crippen molar-refractivity contribution in [1.29, 1.82) is 0 Å². The highest BCUT2D eigenvalue weighted by Gasteiger charge is 2.26. The number of rotatable bonds is 7. The number of carbonyl (C=O) groups is 2. The molecule has 9 nitrogen and oxygen atoms in total. The zero-order valence-electron chi connectivity index (χ0n) is 18.9. The summed E-state index contributed by atoms with van der Waals surface area (Å²) in [5.74, 6) is -3.68. The van der Waals surface area contributed by atoms with Gasteiger partial charge in [0.15, 0.2) is 17.2 Å². The van der Waals surface area contributed by atoms with Crippen molar-refractivity contribution in [3.63, 3.8) is 0 Å². The monoisotopic (exact) mass is 476 g/mol. The Bertz CT molecular complexity index is 1220. The fourth-order valence-corrected chi connectivity index (χ4v) is 4.06. The van der Waals surface area contributed by atoms with Crippen LogP contribution in [-0.2, 0) is 6.54 Å². The van der Waals surface area contributed by atoms with E-state index < -0.39 is 40.4 Å². The predicted octanol–water partition coefficient (Wildman–Crippen LogP) is 2.54. The number of furan rings is 2. The first kappa shape index (κ1) is 23.9. The van der Waals surface area contributed by atoms with Gasteiger partial charge in [-0.1, -0.05) is 0 Å². The molecule has 0 aliphatic carbocycles. The first-order valence-corrected chi connectivity index (χ1v) is 10.8. The third-order valence-corrected chi connectivity index (χ3v) is 5.51. The summed E-state index contributed by atoms with van der Waals surface area (Å²) in [4.78, 5) is 28.9. The third-order valence-electron chi connectivity index (χ3n) is 5.51. The molecular weight excluding hydrogens is 450 g/mol. The second kappa shape index (κ2) is 9.16. The highest BCUT2D eigenvalue weighted by atomic mass is 19.1. The van der Waals surface area contributed by atoms with Crippen molar-refractivity contribution in [3.05, 3.63) is 53.2 Å². The molecular formula is C23H26F2N4O5. The van der Waals surface area contributed by atoms with Gasteiger partial charge in [0.25, 0.3) is 11.8 Å². The molecule has 1 saturated heterocycles. The van der Waals surface area contributed by atoms with E-state index in [4.69, 9.17) is 14.6 Å². The minimum Gasteiger partial charge on any atom is -0.455 e. The molecule has 11 heteroatoms. The normalized spacial score (nSPS) is 15.7. The molecule has 1 aliphatic rings. The number of nitrogens with two attached hydrogens (primary N) is 1. The molecule has 1 fully saturated rings. The van der Waals surface area contributed by atoms with Gasteiger partial charge in [-0.2, -0.15) is 0 Å². The summed E-state index contributed by atoms with van der Waals surface area (Å²) >= 11 is 0. The summed E-state index contributed by atoms with van der Waals surface area (Å²) in [6, 6.07) is 4.68. The van der Waals surface area contributed by atoms with Crippen LogP contribution in [0.4, 0.5) is 14.5 Å². The van der Waals surface area contributed by atoms with Crippen LogP contribution < -0.4 is 11.1 Å². The smallest absolute Gasteiger partial charge is 0.291 e. The van der Waals surface area contributed by atoms with E-state index >= 15 is 0 Å². The average Bonchev–Trinajstić information content (AvgIpc) is 3.34. The SMILES string of the molecule is CC(C)(O)CN1CCN(Cc2ccc(C(=O)Nc3c(C(N)=O)oc4c(F)cc(F)cc34)o2)CC1. The maximum atomic E-state index is 14.1. The fraction of sp³-hybridized carbons (Fsp3) is 0.391. The largest absolute Gasteiger partial charge is 0.455 e. The summed E-state index contributed by atoms with van der Waals surface area (Å²) in [6.07, 6.45) is 0. The van der Waals surface area contributed by atoms with Crippen LogP contribution in [0.5, 0.6) is 0 Å². The van der Waals surface area contributed by atoms with Crippen LogP contribution in [0.1, 0.15) is 40.7 Å². The molecule has 0 radical (unpaired) electrons. The van der Waals surface area contributed by atoms with Crippen molar-refractivity contribution < 1.29 is 32.3 Å². The van der Waals surface area contributed by atoms with Gasteiger partial charge in [-0.25, -0.2) is 8.78 Å². The molecule has 0 spiro atoms. The van der Waals surface area contributed by atoms with Crippen LogP contribution in [0.3, 0.4) is 0 Å². The Kier molecular flexibility index (Phi) is 6.43. The molecule has 34 heavy (non-hydrogen) atoms. The Morgan fingerprint density at radius 1 is 1.12 bits per heavy atom. The van der Waals surface area contributed by atoms with Gasteiger partial charge in [0.1, 0.15) is 17.3 Å². The molecule has 2 amide bonds. The van der Waals surface area contributed by atoms with Crippen LogP contribution in [0, 0.1) is 11.6 Å². The first-order valence-electron chi connectivity index (χ1n) is 10.8. The number of β-amino-alcohol motifs (C(OH)–C–C–N with tert-alkyl or cyclic N) is 1. The van der Waals surface area contributed by atoms with Gasteiger partial charge < -0.3 is 25.0 Å². The van der Waals surface area contributed by atoms with E-state index in [1.54, 1.807) is 19.9 Å². The van der Waals surface area contributed by atoms with Gasteiger partial charge in [0.05, 0.1) is 17.5 Å². The number of amides is 2. The van der Waals surface area contributed by atoms with Crippen LogP contribution in [0.15, 0.2) is 33.1 Å². The number of nitrogens with one attached hydrogen (secondary N) is 1. The van der Waals surface area contributed by atoms with Crippen LogP contribution in [0.25, 0.3) is 11.0 Å². The molecule has 3 heterocycles. The number of benzene rings is 1. The fourth-order valence-electron chi connectivity index (χ4n) is 4.06. The molecule has 3 aromatic rings. The van der Waals surface area contributed by atoms with Crippen molar-refractivity contribution in [1.82, 2.24) is 9.80 Å². The topological polar surface area (TPSA) is 125 Å². The van der Waals surface area contributed by atoms with Crippen molar-refractivity contribution in [3.8, 4) is 0 Å². The van der Waals surface area contributed by atoms with E-state index in [2.05, 4.69) is 15.1 Å². The lowest BCUT2D eigenvalue weighted by Crippen LogP contribution is -2.50. The summed E-state index contributed by atoms with van der Waals surface area (Å²) in [7, 11) is 0. The Balaban J connectivity index is 1.44. The Labute approximate surface area is 194 Å². The number of primary amides is 1. The number of carbonyl (C=O) groups excluding carboxylic acids is 2. The Morgan fingerprint density at radius 2 is 1.79 bits per heavy atom. The number of hydrogen-bond donors (Lipinski definition) is 3.